The molecule has 1 aliphatic heterocycles. The lowest BCUT2D eigenvalue weighted by Crippen LogP contribution is -2.28. The minimum atomic E-state index is -0.363. The van der Waals surface area contributed by atoms with Crippen molar-refractivity contribution in [3.05, 3.63) is 84.4 Å². The van der Waals surface area contributed by atoms with E-state index in [-0.39, 0.29) is 24.2 Å². The Hall–Kier alpha value is -3.05. The number of benzene rings is 3. The summed E-state index contributed by atoms with van der Waals surface area (Å²) >= 11 is 1.61. The first-order valence-corrected chi connectivity index (χ1v) is 10.4. The van der Waals surface area contributed by atoms with Crippen molar-refractivity contribution in [2.24, 2.45) is 5.92 Å². The Bertz CT molecular complexity index is 1040. The van der Waals surface area contributed by atoms with Crippen LogP contribution in [0.3, 0.4) is 0 Å². The Morgan fingerprint density at radius 2 is 1.76 bits per heavy atom. The maximum atomic E-state index is 12.9. The van der Waals surface area contributed by atoms with Gasteiger partial charge in [0.15, 0.2) is 0 Å². The number of nitrogens with zero attached hydrogens (tertiary/aromatic N) is 1. The third-order valence-corrected chi connectivity index (χ3v) is 6.01. The first kappa shape index (κ1) is 19.3. The fourth-order valence-corrected chi connectivity index (χ4v) is 4.36. The van der Waals surface area contributed by atoms with Crippen LogP contribution in [0.5, 0.6) is 0 Å². The Labute approximate surface area is 174 Å². The molecule has 1 saturated heterocycles. The summed E-state index contributed by atoms with van der Waals surface area (Å²) in [5.41, 5.74) is 2.72. The van der Waals surface area contributed by atoms with Crippen molar-refractivity contribution >= 4 is 35.0 Å². The van der Waals surface area contributed by atoms with Crippen LogP contribution in [0, 0.1) is 12.8 Å². The average molecular weight is 403 g/mol. The van der Waals surface area contributed by atoms with E-state index in [9.17, 15) is 9.59 Å². The third-order valence-electron chi connectivity index (χ3n) is 4.93. The van der Waals surface area contributed by atoms with Gasteiger partial charge >= 0.3 is 0 Å². The van der Waals surface area contributed by atoms with E-state index in [0.29, 0.717) is 6.54 Å². The molecule has 1 atom stereocenters. The smallest absolute Gasteiger partial charge is 0.229 e. The van der Waals surface area contributed by atoms with Gasteiger partial charge in [0.05, 0.1) is 11.6 Å². The maximum Gasteiger partial charge on any atom is 0.229 e. The molecule has 1 aliphatic rings. The number of amides is 2. The molecule has 0 aromatic heterocycles. The number of nitrogens with one attached hydrogen (secondary N) is 1. The number of carbonyl (C=O) groups excluding carboxylic acids is 2. The number of anilines is 2. The van der Waals surface area contributed by atoms with Crippen molar-refractivity contribution in [2.45, 2.75) is 23.1 Å². The van der Waals surface area contributed by atoms with Crippen molar-refractivity contribution in [1.82, 2.24) is 0 Å². The predicted octanol–water partition coefficient (Wildman–Crippen LogP) is 5.14. The van der Waals surface area contributed by atoms with E-state index in [2.05, 4.69) is 5.32 Å². The average Bonchev–Trinajstić information content (AvgIpc) is 3.12. The largest absolute Gasteiger partial charge is 0.325 e. The molecule has 0 spiro atoms. The van der Waals surface area contributed by atoms with Crippen LogP contribution in [0.25, 0.3) is 0 Å². The van der Waals surface area contributed by atoms with E-state index in [1.54, 1.807) is 16.7 Å². The normalized spacial score (nSPS) is 16.1. The number of hydrogen-bond acceptors (Lipinski definition) is 3. The molecule has 1 fully saturated rings. The zero-order valence-corrected chi connectivity index (χ0v) is 17.0. The van der Waals surface area contributed by atoms with Gasteiger partial charge in [-0.05, 0) is 48.9 Å². The summed E-state index contributed by atoms with van der Waals surface area (Å²) in [6.07, 6.45) is 0.230. The highest BCUT2D eigenvalue weighted by atomic mass is 32.2. The highest BCUT2D eigenvalue weighted by Crippen LogP contribution is 2.34. The third kappa shape index (κ3) is 4.51. The molecular formula is C24H22N2O2S. The van der Waals surface area contributed by atoms with E-state index in [1.807, 2.05) is 85.8 Å². The molecule has 4 rings (SSSR count). The molecule has 0 aliphatic carbocycles. The first-order chi connectivity index (χ1) is 14.1. The Morgan fingerprint density at radius 3 is 2.55 bits per heavy atom. The van der Waals surface area contributed by atoms with E-state index in [0.717, 1.165) is 26.7 Å². The van der Waals surface area contributed by atoms with Gasteiger partial charge in [0.25, 0.3) is 0 Å². The number of aryl methyl sites for hydroxylation is 1. The number of carbonyl (C=O) groups is 2. The Balaban J connectivity index is 1.47. The van der Waals surface area contributed by atoms with Crippen LogP contribution in [0.4, 0.5) is 11.4 Å². The lowest BCUT2D eigenvalue weighted by Gasteiger charge is -2.17. The molecule has 1 N–H and O–H groups in total. The molecule has 0 radical (unpaired) electrons. The topological polar surface area (TPSA) is 49.4 Å². The fourth-order valence-electron chi connectivity index (χ4n) is 3.44. The zero-order chi connectivity index (χ0) is 20.2. The van der Waals surface area contributed by atoms with E-state index in [4.69, 9.17) is 0 Å². The molecule has 3 aromatic carbocycles. The van der Waals surface area contributed by atoms with Crippen LogP contribution < -0.4 is 10.2 Å². The van der Waals surface area contributed by atoms with Crippen LogP contribution in [0.2, 0.25) is 0 Å². The molecule has 29 heavy (non-hydrogen) atoms. The second-order valence-electron chi connectivity index (χ2n) is 7.14. The van der Waals surface area contributed by atoms with Crippen molar-refractivity contribution in [3.63, 3.8) is 0 Å². The first-order valence-electron chi connectivity index (χ1n) is 9.60. The van der Waals surface area contributed by atoms with Crippen LogP contribution in [-0.4, -0.2) is 18.4 Å². The highest BCUT2D eigenvalue weighted by molar-refractivity contribution is 7.99. The van der Waals surface area contributed by atoms with E-state index in [1.165, 1.54) is 0 Å². The van der Waals surface area contributed by atoms with Gasteiger partial charge in [0.1, 0.15) is 0 Å². The van der Waals surface area contributed by atoms with Gasteiger partial charge in [-0.3, -0.25) is 9.59 Å². The second kappa shape index (κ2) is 8.53. The Kier molecular flexibility index (Phi) is 5.67. The second-order valence-corrected chi connectivity index (χ2v) is 8.26. The summed E-state index contributed by atoms with van der Waals surface area (Å²) < 4.78 is 0. The van der Waals surface area contributed by atoms with Crippen molar-refractivity contribution in [2.75, 3.05) is 16.8 Å². The molecule has 1 heterocycles. The van der Waals surface area contributed by atoms with Crippen molar-refractivity contribution < 1.29 is 9.59 Å². The molecular weight excluding hydrogens is 380 g/mol. The summed E-state index contributed by atoms with van der Waals surface area (Å²) in [7, 11) is 0. The Morgan fingerprint density at radius 1 is 1.00 bits per heavy atom. The van der Waals surface area contributed by atoms with Gasteiger partial charge in [-0.1, -0.05) is 54.2 Å². The summed E-state index contributed by atoms with van der Waals surface area (Å²) in [6, 6.07) is 25.6. The number of para-hydroxylation sites is 1. The fraction of sp³-hybridized carbons (Fsp3) is 0.167. The lowest BCUT2D eigenvalue weighted by molar-refractivity contribution is -0.122. The van der Waals surface area contributed by atoms with Gasteiger partial charge in [-0.25, -0.2) is 0 Å². The highest BCUT2D eigenvalue weighted by Gasteiger charge is 2.35. The van der Waals surface area contributed by atoms with Crippen LogP contribution in [0.1, 0.15) is 12.0 Å². The quantitative estimate of drug-likeness (QED) is 0.643. The van der Waals surface area contributed by atoms with E-state index < -0.39 is 0 Å². The number of hydrogen-bond donors (Lipinski definition) is 1. The summed E-state index contributed by atoms with van der Waals surface area (Å²) in [4.78, 5) is 29.2. The molecule has 0 bridgehead atoms. The van der Waals surface area contributed by atoms with Crippen molar-refractivity contribution in [1.29, 1.82) is 0 Å². The van der Waals surface area contributed by atoms with Gasteiger partial charge < -0.3 is 10.2 Å². The minimum absolute atomic E-state index is 0.0114. The minimum Gasteiger partial charge on any atom is -0.325 e. The SMILES string of the molecule is Cc1cccc(N2CC(C(=O)Nc3ccccc3Sc3ccccc3)CC2=O)c1. The van der Waals surface area contributed by atoms with Crippen LogP contribution in [0.15, 0.2) is 88.7 Å². The van der Waals surface area contributed by atoms with Crippen LogP contribution >= 0.6 is 11.8 Å². The van der Waals surface area contributed by atoms with Gasteiger partial charge in [0, 0.05) is 28.4 Å². The molecule has 2 amide bonds. The lowest BCUT2D eigenvalue weighted by atomic mass is 10.1. The van der Waals surface area contributed by atoms with Gasteiger partial charge in [-0.2, -0.15) is 0 Å². The molecule has 146 valence electrons. The maximum absolute atomic E-state index is 12.9. The monoisotopic (exact) mass is 402 g/mol. The molecule has 5 heteroatoms. The molecule has 1 unspecified atom stereocenters. The standard InChI is InChI=1S/C24H22N2O2S/c1-17-8-7-9-19(14-17)26-16-18(15-23(26)27)24(28)25-21-12-5-6-13-22(21)29-20-10-3-2-4-11-20/h2-14,18H,15-16H2,1H3,(H,25,28). The molecule has 3 aromatic rings. The zero-order valence-electron chi connectivity index (χ0n) is 16.2. The summed E-state index contributed by atoms with van der Waals surface area (Å²) in [6.45, 7) is 2.40. The van der Waals surface area contributed by atoms with E-state index >= 15 is 0 Å². The summed E-state index contributed by atoms with van der Waals surface area (Å²) in [5, 5.41) is 3.04. The number of rotatable bonds is 5. The summed E-state index contributed by atoms with van der Waals surface area (Å²) in [5.74, 6) is -0.491. The van der Waals surface area contributed by atoms with Crippen LogP contribution in [-0.2, 0) is 9.59 Å². The van der Waals surface area contributed by atoms with Crippen molar-refractivity contribution in [3.8, 4) is 0 Å². The predicted molar refractivity (Wildman–Crippen MR) is 117 cm³/mol. The van der Waals surface area contributed by atoms with Gasteiger partial charge in [-0.15, -0.1) is 0 Å². The van der Waals surface area contributed by atoms with Gasteiger partial charge in [0.2, 0.25) is 11.8 Å². The molecule has 0 saturated carbocycles. The molecule has 4 nitrogen and oxygen atoms in total.